The van der Waals surface area contributed by atoms with E-state index in [-0.39, 0.29) is 0 Å². The van der Waals surface area contributed by atoms with Crippen molar-refractivity contribution in [1.29, 1.82) is 0 Å². The van der Waals surface area contributed by atoms with Crippen molar-refractivity contribution >= 4 is 27.6 Å². The van der Waals surface area contributed by atoms with Crippen LogP contribution in [-0.2, 0) is 0 Å². The number of rotatable bonds is 2. The van der Waals surface area contributed by atoms with Crippen molar-refractivity contribution in [2.45, 2.75) is 20.8 Å². The molecule has 0 nitrogen and oxygen atoms in total. The van der Waals surface area contributed by atoms with Crippen LogP contribution in [0, 0.1) is 12.8 Å². The molecule has 0 N–H and O–H groups in total. The molecular weight excluding hydrogens is 240 g/mol. The Kier molecular flexibility index (Phi) is 3.31. The number of allylic oxidation sites excluding steroid dienone is 2. The van der Waals surface area contributed by atoms with Crippen LogP contribution in [0.5, 0.6) is 0 Å². The Labute approximate surface area is 120 Å². The summed E-state index contributed by atoms with van der Waals surface area (Å²) in [4.78, 5) is 0. The molecule has 0 aliphatic heterocycles. The molecule has 0 bridgehead atoms. The molecule has 0 saturated carbocycles. The maximum Gasteiger partial charge on any atom is -0.00302 e. The summed E-state index contributed by atoms with van der Waals surface area (Å²) < 4.78 is 0. The van der Waals surface area contributed by atoms with Gasteiger partial charge in [0.1, 0.15) is 0 Å². The van der Waals surface area contributed by atoms with Crippen molar-refractivity contribution < 1.29 is 0 Å². The van der Waals surface area contributed by atoms with Crippen molar-refractivity contribution in [2.75, 3.05) is 0 Å². The lowest BCUT2D eigenvalue weighted by Crippen LogP contribution is -2.03. The highest BCUT2D eigenvalue weighted by Gasteiger charge is 2.04. The monoisotopic (exact) mass is 260 g/mol. The van der Waals surface area contributed by atoms with Gasteiger partial charge in [-0.15, -0.1) is 0 Å². The normalized spacial score (nSPS) is 13.3. The van der Waals surface area contributed by atoms with Crippen LogP contribution in [0.2, 0.25) is 0 Å². The van der Waals surface area contributed by atoms with E-state index in [9.17, 15) is 0 Å². The van der Waals surface area contributed by atoms with Gasteiger partial charge in [0.15, 0.2) is 0 Å². The van der Waals surface area contributed by atoms with Gasteiger partial charge in [0, 0.05) is 0 Å². The van der Waals surface area contributed by atoms with Gasteiger partial charge in [-0.05, 0) is 45.2 Å². The predicted molar refractivity (Wildman–Crippen MR) is 89.9 cm³/mol. The molecule has 0 amide bonds. The molecule has 0 spiro atoms. The highest BCUT2D eigenvalue weighted by atomic mass is 14.1. The van der Waals surface area contributed by atoms with Gasteiger partial charge >= 0.3 is 0 Å². The molecule has 0 heteroatoms. The Morgan fingerprint density at radius 2 is 1.55 bits per heavy atom. The van der Waals surface area contributed by atoms with E-state index < -0.39 is 0 Å². The minimum absolute atomic E-state index is 0.587. The van der Waals surface area contributed by atoms with Crippen LogP contribution in [0.3, 0.4) is 0 Å². The lowest BCUT2D eigenvalue weighted by Gasteiger charge is -2.08. The third-order valence-electron chi connectivity index (χ3n) is 3.79. The van der Waals surface area contributed by atoms with E-state index in [0.29, 0.717) is 5.92 Å². The minimum atomic E-state index is 0.587. The van der Waals surface area contributed by atoms with Crippen LogP contribution in [0.15, 0.2) is 54.6 Å². The summed E-state index contributed by atoms with van der Waals surface area (Å²) in [5, 5.41) is 6.73. The van der Waals surface area contributed by atoms with E-state index in [1.54, 1.807) is 0 Å². The van der Waals surface area contributed by atoms with Gasteiger partial charge in [0.05, 0.1) is 0 Å². The molecule has 3 aromatic carbocycles. The van der Waals surface area contributed by atoms with E-state index >= 15 is 0 Å². The summed E-state index contributed by atoms with van der Waals surface area (Å²) in [7, 11) is 0. The molecule has 0 fully saturated rings. The third-order valence-corrected chi connectivity index (χ3v) is 3.79. The molecule has 0 unspecified atom stereocenters. The molecule has 0 radical (unpaired) electrons. The third kappa shape index (κ3) is 2.22. The summed E-state index contributed by atoms with van der Waals surface area (Å²) in [5.41, 5.74) is 1.35. The number of benzene rings is 3. The van der Waals surface area contributed by atoms with E-state index in [2.05, 4.69) is 81.5 Å². The molecule has 0 saturated heterocycles. The minimum Gasteiger partial charge on any atom is -0.0819 e. The molecule has 20 heavy (non-hydrogen) atoms. The summed E-state index contributed by atoms with van der Waals surface area (Å²) in [6.07, 6.45) is 6.64. The van der Waals surface area contributed by atoms with Gasteiger partial charge in [0.2, 0.25) is 0 Å². The summed E-state index contributed by atoms with van der Waals surface area (Å²) in [6, 6.07) is 15.4. The fourth-order valence-electron chi connectivity index (χ4n) is 2.81. The average Bonchev–Trinajstić information content (AvgIpc) is 2.43. The maximum absolute atomic E-state index is 2.23. The lowest BCUT2D eigenvalue weighted by molar-refractivity contribution is 0.832. The molecule has 0 aromatic heterocycles. The van der Waals surface area contributed by atoms with E-state index in [4.69, 9.17) is 0 Å². The molecular formula is C20H20. The topological polar surface area (TPSA) is 0 Å². The van der Waals surface area contributed by atoms with Gasteiger partial charge in [-0.25, -0.2) is 0 Å². The smallest absolute Gasteiger partial charge is 0.00302 e. The van der Waals surface area contributed by atoms with Crippen molar-refractivity contribution in [3.8, 4) is 0 Å². The van der Waals surface area contributed by atoms with Crippen molar-refractivity contribution in [3.63, 3.8) is 0 Å². The van der Waals surface area contributed by atoms with Crippen LogP contribution < -0.4 is 5.22 Å². The summed E-state index contributed by atoms with van der Waals surface area (Å²) in [6.45, 7) is 6.60. The zero-order valence-electron chi connectivity index (χ0n) is 12.4. The molecule has 3 rings (SSSR count). The van der Waals surface area contributed by atoms with Crippen LogP contribution in [0.1, 0.15) is 19.4 Å². The molecule has 0 atom stereocenters. The van der Waals surface area contributed by atoms with Crippen molar-refractivity contribution in [2.24, 2.45) is 5.92 Å². The highest BCUT2D eigenvalue weighted by Crippen LogP contribution is 2.26. The fraction of sp³-hybridized carbons (Fsp3) is 0.200. The average molecular weight is 260 g/mol. The predicted octanol–water partition coefficient (Wildman–Crippen LogP) is 5.01. The van der Waals surface area contributed by atoms with E-state index in [1.165, 1.54) is 32.3 Å². The summed E-state index contributed by atoms with van der Waals surface area (Å²) >= 11 is 0. The Hall–Kier alpha value is -2.08. The zero-order chi connectivity index (χ0) is 14.1. The Bertz CT molecular complexity index is 819. The van der Waals surface area contributed by atoms with Crippen LogP contribution in [0.25, 0.3) is 27.6 Å². The fourth-order valence-corrected chi connectivity index (χ4v) is 2.81. The standard InChI is InChI=1S/C20H20/c1-14(2)6-4-7-16-12-13-18-9-5-8-17-11-10-15(3)19(16)20(17)18/h4-14H,1-3H3/b6-4+,16-7-. The van der Waals surface area contributed by atoms with Gasteiger partial charge in [-0.3, -0.25) is 0 Å². The molecule has 0 heterocycles. The van der Waals surface area contributed by atoms with E-state index in [0.717, 1.165) is 0 Å². The molecule has 0 aliphatic rings. The highest BCUT2D eigenvalue weighted by molar-refractivity contribution is 6.11. The van der Waals surface area contributed by atoms with Gasteiger partial charge in [0.25, 0.3) is 0 Å². The van der Waals surface area contributed by atoms with Gasteiger partial charge in [-0.1, -0.05) is 74.5 Å². The van der Waals surface area contributed by atoms with Crippen molar-refractivity contribution in [3.05, 3.63) is 65.4 Å². The largest absolute Gasteiger partial charge is 0.0819 e. The van der Waals surface area contributed by atoms with Gasteiger partial charge in [-0.2, -0.15) is 0 Å². The second-order valence-electron chi connectivity index (χ2n) is 5.79. The summed E-state index contributed by atoms with van der Waals surface area (Å²) in [5.74, 6) is 0.587. The quantitative estimate of drug-likeness (QED) is 0.607. The second kappa shape index (κ2) is 5.13. The van der Waals surface area contributed by atoms with Crippen molar-refractivity contribution in [1.82, 2.24) is 0 Å². The molecule has 100 valence electrons. The first-order valence-corrected chi connectivity index (χ1v) is 7.26. The van der Waals surface area contributed by atoms with Crippen LogP contribution >= 0.6 is 0 Å². The second-order valence-corrected chi connectivity index (χ2v) is 5.79. The Morgan fingerprint density at radius 1 is 0.850 bits per heavy atom. The number of aryl methyl sites for hydroxylation is 1. The first kappa shape index (κ1) is 12.9. The first-order valence-electron chi connectivity index (χ1n) is 7.26. The van der Waals surface area contributed by atoms with Crippen LogP contribution in [-0.4, -0.2) is 0 Å². The lowest BCUT2D eigenvalue weighted by atomic mass is 9.95. The SMILES string of the molecule is Cc1ccc2cccc3cc/c(=C/C=C/C(C)C)c1c23. The maximum atomic E-state index is 2.23. The van der Waals surface area contributed by atoms with E-state index in [1.807, 2.05) is 0 Å². The zero-order valence-corrected chi connectivity index (χ0v) is 12.4. The Morgan fingerprint density at radius 3 is 2.25 bits per heavy atom. The number of hydrogen-bond donors (Lipinski definition) is 0. The first-order chi connectivity index (χ1) is 9.66. The molecule has 3 aromatic rings. The van der Waals surface area contributed by atoms with Crippen LogP contribution in [0.4, 0.5) is 0 Å². The Balaban J connectivity index is 2.37. The molecule has 0 aliphatic carbocycles. The number of hydrogen-bond acceptors (Lipinski definition) is 0. The van der Waals surface area contributed by atoms with Gasteiger partial charge < -0.3 is 0 Å².